The van der Waals surface area contributed by atoms with E-state index in [1.54, 1.807) is 0 Å². The monoisotopic (exact) mass is 360 g/mol. The van der Waals surface area contributed by atoms with Crippen molar-refractivity contribution in [3.05, 3.63) is 28.7 Å². The van der Waals surface area contributed by atoms with Crippen LogP contribution in [0.4, 0.5) is 0 Å². The quantitative estimate of drug-likeness (QED) is 0.662. The molecular formula is C14H21BrN2O2S. The van der Waals surface area contributed by atoms with Crippen LogP contribution in [0.2, 0.25) is 0 Å². The second kappa shape index (κ2) is 10.1. The highest BCUT2D eigenvalue weighted by Crippen LogP contribution is 2.14. The third kappa shape index (κ3) is 7.17. The Kier molecular flexibility index (Phi) is 8.73. The van der Waals surface area contributed by atoms with Crippen LogP contribution in [0.5, 0.6) is 0 Å². The van der Waals surface area contributed by atoms with E-state index >= 15 is 0 Å². The molecule has 0 aliphatic heterocycles. The highest BCUT2D eigenvalue weighted by atomic mass is 79.9. The van der Waals surface area contributed by atoms with Gasteiger partial charge in [0.15, 0.2) is 0 Å². The lowest BCUT2D eigenvalue weighted by Crippen LogP contribution is -2.31. The molecule has 0 saturated heterocycles. The number of nitrogens with one attached hydrogen (secondary N) is 2. The van der Waals surface area contributed by atoms with Crippen molar-refractivity contribution in [2.24, 2.45) is 0 Å². The van der Waals surface area contributed by atoms with Gasteiger partial charge in [0.05, 0.1) is 10.8 Å². The fourth-order valence-electron chi connectivity index (χ4n) is 1.62. The largest absolute Gasteiger partial charge is 0.355 e. The summed E-state index contributed by atoms with van der Waals surface area (Å²) in [5.41, 5.74) is 0. The van der Waals surface area contributed by atoms with Crippen molar-refractivity contribution >= 4 is 32.6 Å². The zero-order valence-corrected chi connectivity index (χ0v) is 14.1. The zero-order valence-electron chi connectivity index (χ0n) is 11.7. The molecule has 1 rings (SSSR count). The van der Waals surface area contributed by atoms with Crippen LogP contribution in [0.1, 0.15) is 19.8 Å². The Morgan fingerprint density at radius 1 is 1.25 bits per heavy atom. The van der Waals surface area contributed by atoms with Gasteiger partial charge in [0.25, 0.3) is 0 Å². The molecule has 1 aromatic carbocycles. The average molecular weight is 361 g/mol. The molecule has 4 nitrogen and oxygen atoms in total. The van der Waals surface area contributed by atoms with E-state index in [4.69, 9.17) is 0 Å². The molecule has 0 aliphatic carbocycles. The number of halogens is 1. The molecule has 1 unspecified atom stereocenters. The Morgan fingerprint density at radius 2 is 1.95 bits per heavy atom. The number of hydrogen-bond donors (Lipinski definition) is 2. The van der Waals surface area contributed by atoms with Crippen molar-refractivity contribution in [1.82, 2.24) is 10.6 Å². The van der Waals surface area contributed by atoms with Gasteiger partial charge >= 0.3 is 0 Å². The van der Waals surface area contributed by atoms with Gasteiger partial charge in [-0.1, -0.05) is 22.9 Å². The summed E-state index contributed by atoms with van der Waals surface area (Å²) in [5.74, 6) is 0.540. The van der Waals surface area contributed by atoms with E-state index in [-0.39, 0.29) is 5.91 Å². The average Bonchev–Trinajstić information content (AvgIpc) is 2.44. The van der Waals surface area contributed by atoms with Gasteiger partial charge in [0, 0.05) is 34.6 Å². The zero-order chi connectivity index (χ0) is 14.8. The van der Waals surface area contributed by atoms with Gasteiger partial charge in [-0.2, -0.15) is 0 Å². The normalized spacial score (nSPS) is 12.1. The van der Waals surface area contributed by atoms with Crippen LogP contribution in [-0.4, -0.2) is 35.5 Å². The summed E-state index contributed by atoms with van der Waals surface area (Å²) in [4.78, 5) is 12.3. The van der Waals surface area contributed by atoms with E-state index in [1.807, 2.05) is 31.2 Å². The fourth-order valence-corrected chi connectivity index (χ4v) is 2.97. The minimum atomic E-state index is -1.03. The molecule has 1 aromatic rings. The highest BCUT2D eigenvalue weighted by Gasteiger charge is 2.06. The molecule has 1 amide bonds. The lowest BCUT2D eigenvalue weighted by molar-refractivity contribution is -0.121. The first-order chi connectivity index (χ1) is 9.63. The minimum absolute atomic E-state index is 0.0238. The van der Waals surface area contributed by atoms with E-state index < -0.39 is 10.8 Å². The van der Waals surface area contributed by atoms with Gasteiger partial charge in [-0.05, 0) is 37.2 Å². The van der Waals surface area contributed by atoms with Gasteiger partial charge < -0.3 is 10.6 Å². The smallest absolute Gasteiger partial charge is 0.220 e. The molecule has 0 radical (unpaired) electrons. The molecule has 1 atom stereocenters. The molecule has 0 aliphatic rings. The first kappa shape index (κ1) is 17.3. The summed E-state index contributed by atoms with van der Waals surface area (Å²) < 4.78 is 13.0. The van der Waals surface area contributed by atoms with Crippen LogP contribution in [-0.2, 0) is 15.6 Å². The second-order valence-corrected chi connectivity index (χ2v) is 6.80. The lowest BCUT2D eigenvalue weighted by atomic mass is 10.3. The summed E-state index contributed by atoms with van der Waals surface area (Å²) in [6.07, 6.45) is 1.06. The van der Waals surface area contributed by atoms with E-state index in [0.717, 1.165) is 22.5 Å². The van der Waals surface area contributed by atoms with Crippen molar-refractivity contribution in [3.8, 4) is 0 Å². The van der Waals surface area contributed by atoms with Crippen LogP contribution in [0, 0.1) is 0 Å². The van der Waals surface area contributed by atoms with Crippen molar-refractivity contribution < 1.29 is 9.00 Å². The molecule has 112 valence electrons. The summed E-state index contributed by atoms with van der Waals surface area (Å²) in [5, 5.41) is 5.97. The Morgan fingerprint density at radius 3 is 2.60 bits per heavy atom. The molecule has 0 fully saturated rings. The van der Waals surface area contributed by atoms with Crippen LogP contribution >= 0.6 is 15.9 Å². The maximum absolute atomic E-state index is 12.0. The van der Waals surface area contributed by atoms with Gasteiger partial charge in [-0.15, -0.1) is 0 Å². The second-order valence-electron chi connectivity index (χ2n) is 4.31. The minimum Gasteiger partial charge on any atom is -0.355 e. The predicted octanol–water partition coefficient (Wildman–Crippen LogP) is 2.06. The fraction of sp³-hybridized carbons (Fsp3) is 0.500. The molecule has 0 aromatic heterocycles. The van der Waals surface area contributed by atoms with Crippen LogP contribution in [0.15, 0.2) is 33.6 Å². The molecule has 2 N–H and O–H groups in total. The first-order valence-corrected chi connectivity index (χ1v) is 8.86. The number of rotatable bonds is 9. The summed E-state index contributed by atoms with van der Waals surface area (Å²) >= 11 is 3.34. The first-order valence-electron chi connectivity index (χ1n) is 6.75. The van der Waals surface area contributed by atoms with Gasteiger partial charge in [-0.3, -0.25) is 9.00 Å². The van der Waals surface area contributed by atoms with Gasteiger partial charge in [0.2, 0.25) is 5.91 Å². The molecule has 0 bridgehead atoms. The van der Waals surface area contributed by atoms with Gasteiger partial charge in [0.1, 0.15) is 0 Å². The van der Waals surface area contributed by atoms with Crippen LogP contribution in [0.3, 0.4) is 0 Å². The van der Waals surface area contributed by atoms with Crippen molar-refractivity contribution in [2.45, 2.75) is 24.7 Å². The molecule has 0 heterocycles. The summed E-state index contributed by atoms with van der Waals surface area (Å²) in [6, 6.07) is 7.44. The molecular weight excluding hydrogens is 340 g/mol. The van der Waals surface area contributed by atoms with E-state index in [1.165, 1.54) is 0 Å². The van der Waals surface area contributed by atoms with E-state index in [2.05, 4.69) is 26.6 Å². The number of benzene rings is 1. The van der Waals surface area contributed by atoms with E-state index in [0.29, 0.717) is 25.1 Å². The van der Waals surface area contributed by atoms with Crippen molar-refractivity contribution in [1.29, 1.82) is 0 Å². The third-order valence-electron chi connectivity index (χ3n) is 2.68. The van der Waals surface area contributed by atoms with Crippen LogP contribution in [0.25, 0.3) is 0 Å². The predicted molar refractivity (Wildman–Crippen MR) is 86.2 cm³/mol. The molecule has 20 heavy (non-hydrogen) atoms. The summed E-state index contributed by atoms with van der Waals surface area (Å²) in [7, 11) is -1.03. The Labute approximate surface area is 131 Å². The Bertz CT molecular complexity index is 437. The number of carbonyl (C=O) groups excluding carboxylic acids is 1. The highest BCUT2D eigenvalue weighted by molar-refractivity contribution is 9.10. The third-order valence-corrected chi connectivity index (χ3v) is 4.67. The van der Waals surface area contributed by atoms with Crippen molar-refractivity contribution in [3.63, 3.8) is 0 Å². The topological polar surface area (TPSA) is 58.2 Å². The lowest BCUT2D eigenvalue weighted by Gasteiger charge is -2.06. The summed E-state index contributed by atoms with van der Waals surface area (Å²) in [6.45, 7) is 4.36. The maximum atomic E-state index is 12.0. The number of amides is 1. The van der Waals surface area contributed by atoms with Crippen LogP contribution < -0.4 is 10.6 Å². The molecule has 0 saturated carbocycles. The SMILES string of the molecule is CCNCCNC(=O)CCCS(=O)c1ccc(Br)cc1. The molecule has 0 spiro atoms. The standard InChI is InChI=1S/C14H21BrN2O2S/c1-2-16-9-10-17-14(18)4-3-11-20(19)13-7-5-12(15)6-8-13/h5-8,16H,2-4,9-11H2,1H3,(H,17,18). The van der Waals surface area contributed by atoms with E-state index in [9.17, 15) is 9.00 Å². The van der Waals surface area contributed by atoms with Gasteiger partial charge in [-0.25, -0.2) is 0 Å². The molecule has 6 heteroatoms. The Balaban J connectivity index is 2.18. The number of carbonyl (C=O) groups is 1. The Hall–Kier alpha value is -0.720. The number of hydrogen-bond acceptors (Lipinski definition) is 3. The van der Waals surface area contributed by atoms with Crippen molar-refractivity contribution in [2.75, 3.05) is 25.4 Å². The number of likely N-dealkylation sites (N-methyl/N-ethyl adjacent to an activating group) is 1. The maximum Gasteiger partial charge on any atom is 0.220 e.